The van der Waals surface area contributed by atoms with Crippen LogP contribution in [0.4, 0.5) is 0 Å². The van der Waals surface area contributed by atoms with Crippen molar-refractivity contribution in [3.8, 4) is 6.07 Å². The molecule has 0 atom stereocenters. The zero-order chi connectivity index (χ0) is 13.8. The maximum absolute atomic E-state index is 12.5. The highest BCUT2D eigenvalue weighted by molar-refractivity contribution is 5.85. The van der Waals surface area contributed by atoms with Crippen molar-refractivity contribution in [2.75, 3.05) is 6.54 Å². The van der Waals surface area contributed by atoms with E-state index in [1.54, 1.807) is 0 Å². The van der Waals surface area contributed by atoms with Crippen LogP contribution in [-0.4, -0.2) is 12.5 Å². The number of rotatable bonds is 3. The fraction of sp³-hybridized carbons (Fsp3) is 0.875. The largest absolute Gasteiger partial charge is 0.354 e. The number of carbonyl (C=O) groups is 1. The summed E-state index contributed by atoms with van der Waals surface area (Å²) in [4.78, 5) is 12.5. The van der Waals surface area contributed by atoms with Crippen LogP contribution >= 0.6 is 0 Å². The lowest BCUT2D eigenvalue weighted by molar-refractivity contribution is -0.129. The molecule has 2 aliphatic rings. The summed E-state index contributed by atoms with van der Waals surface area (Å²) < 4.78 is 0. The normalized spacial score (nSPS) is 25.3. The van der Waals surface area contributed by atoms with Crippen molar-refractivity contribution in [3.05, 3.63) is 0 Å². The summed E-state index contributed by atoms with van der Waals surface area (Å²) >= 11 is 0. The standard InChI is InChI=1S/C16H26N2O/c1-15(8-6-7-9-15)13-18-14(19)16(12-17)10-4-2-3-5-11-16/h2-11,13H2,1H3,(H,18,19). The summed E-state index contributed by atoms with van der Waals surface area (Å²) in [5, 5.41) is 12.6. The van der Waals surface area contributed by atoms with Gasteiger partial charge in [-0.05, 0) is 31.1 Å². The highest BCUT2D eigenvalue weighted by Crippen LogP contribution is 2.38. The third-order valence-electron chi connectivity index (χ3n) is 5.09. The first-order valence-electron chi connectivity index (χ1n) is 7.80. The van der Waals surface area contributed by atoms with Crippen molar-refractivity contribution in [2.24, 2.45) is 10.8 Å². The second-order valence-electron chi connectivity index (χ2n) is 6.81. The van der Waals surface area contributed by atoms with E-state index in [1.165, 1.54) is 25.7 Å². The summed E-state index contributed by atoms with van der Waals surface area (Å²) in [6.07, 6.45) is 10.8. The van der Waals surface area contributed by atoms with E-state index in [4.69, 9.17) is 0 Å². The van der Waals surface area contributed by atoms with Crippen LogP contribution in [0, 0.1) is 22.2 Å². The smallest absolute Gasteiger partial charge is 0.240 e. The Morgan fingerprint density at radius 2 is 1.58 bits per heavy atom. The van der Waals surface area contributed by atoms with Crippen LogP contribution in [0.15, 0.2) is 0 Å². The number of carbonyl (C=O) groups excluding carboxylic acids is 1. The molecular formula is C16H26N2O. The molecule has 0 aromatic carbocycles. The van der Waals surface area contributed by atoms with E-state index in [2.05, 4.69) is 18.3 Å². The lowest BCUT2D eigenvalue weighted by Gasteiger charge is -2.28. The van der Waals surface area contributed by atoms with E-state index in [0.717, 1.165) is 45.1 Å². The molecule has 0 radical (unpaired) electrons. The van der Waals surface area contributed by atoms with Crippen LogP contribution in [-0.2, 0) is 4.79 Å². The number of amides is 1. The Balaban J connectivity index is 1.95. The molecule has 0 aliphatic heterocycles. The van der Waals surface area contributed by atoms with Gasteiger partial charge in [-0.3, -0.25) is 4.79 Å². The number of nitrogens with one attached hydrogen (secondary N) is 1. The predicted octanol–water partition coefficient (Wildman–Crippen LogP) is 3.55. The quantitative estimate of drug-likeness (QED) is 0.791. The summed E-state index contributed by atoms with van der Waals surface area (Å²) in [5.41, 5.74) is -0.484. The Hall–Kier alpha value is -1.04. The number of hydrogen-bond acceptors (Lipinski definition) is 2. The van der Waals surface area contributed by atoms with Gasteiger partial charge in [0, 0.05) is 6.54 Å². The summed E-state index contributed by atoms with van der Waals surface area (Å²) in [6, 6.07) is 2.33. The molecule has 0 saturated heterocycles. The predicted molar refractivity (Wildman–Crippen MR) is 75.3 cm³/mol. The molecular weight excluding hydrogens is 236 g/mol. The molecule has 2 rings (SSSR count). The van der Waals surface area contributed by atoms with Crippen molar-refractivity contribution < 1.29 is 4.79 Å². The second-order valence-corrected chi connectivity index (χ2v) is 6.81. The fourth-order valence-electron chi connectivity index (χ4n) is 3.59. The van der Waals surface area contributed by atoms with Gasteiger partial charge in [-0.15, -0.1) is 0 Å². The summed E-state index contributed by atoms with van der Waals surface area (Å²) in [6.45, 7) is 3.00. The number of nitriles is 1. The number of nitrogens with zero attached hydrogens (tertiary/aromatic N) is 1. The van der Waals surface area contributed by atoms with Crippen LogP contribution < -0.4 is 5.32 Å². The monoisotopic (exact) mass is 262 g/mol. The first-order chi connectivity index (χ1) is 9.10. The van der Waals surface area contributed by atoms with Crippen LogP contribution in [0.25, 0.3) is 0 Å². The Kier molecular flexibility index (Phi) is 4.50. The molecule has 0 aromatic heterocycles. The molecule has 0 bridgehead atoms. The van der Waals surface area contributed by atoms with Crippen LogP contribution in [0.5, 0.6) is 0 Å². The van der Waals surface area contributed by atoms with Gasteiger partial charge in [-0.1, -0.05) is 45.4 Å². The van der Waals surface area contributed by atoms with Crippen LogP contribution in [0.3, 0.4) is 0 Å². The molecule has 106 valence electrons. The van der Waals surface area contributed by atoms with Crippen molar-refractivity contribution in [2.45, 2.75) is 71.1 Å². The molecule has 0 unspecified atom stereocenters. The summed E-state index contributed by atoms with van der Waals surface area (Å²) in [7, 11) is 0. The van der Waals surface area contributed by atoms with Gasteiger partial charge in [0.1, 0.15) is 5.41 Å². The molecule has 3 nitrogen and oxygen atoms in total. The lowest BCUT2D eigenvalue weighted by atomic mass is 9.80. The maximum atomic E-state index is 12.5. The van der Waals surface area contributed by atoms with Crippen molar-refractivity contribution in [1.82, 2.24) is 5.32 Å². The first kappa shape index (κ1) is 14.4. The van der Waals surface area contributed by atoms with E-state index >= 15 is 0 Å². The minimum Gasteiger partial charge on any atom is -0.354 e. The van der Waals surface area contributed by atoms with Gasteiger partial charge in [0.25, 0.3) is 0 Å². The molecule has 0 spiro atoms. The van der Waals surface area contributed by atoms with Crippen molar-refractivity contribution in [3.63, 3.8) is 0 Å². The number of hydrogen-bond donors (Lipinski definition) is 1. The lowest BCUT2D eigenvalue weighted by Crippen LogP contribution is -2.43. The van der Waals surface area contributed by atoms with E-state index < -0.39 is 5.41 Å². The molecule has 2 saturated carbocycles. The maximum Gasteiger partial charge on any atom is 0.240 e. The van der Waals surface area contributed by atoms with E-state index in [0.29, 0.717) is 0 Å². The van der Waals surface area contributed by atoms with E-state index in [9.17, 15) is 10.1 Å². The van der Waals surface area contributed by atoms with Gasteiger partial charge in [0.15, 0.2) is 0 Å². The van der Waals surface area contributed by atoms with Gasteiger partial charge >= 0.3 is 0 Å². The van der Waals surface area contributed by atoms with Gasteiger partial charge in [0.2, 0.25) is 5.91 Å². The SMILES string of the molecule is CC1(CNC(=O)C2(C#N)CCCCCC2)CCCC1. The zero-order valence-corrected chi connectivity index (χ0v) is 12.1. The average Bonchev–Trinajstić information content (AvgIpc) is 2.71. The first-order valence-corrected chi connectivity index (χ1v) is 7.80. The van der Waals surface area contributed by atoms with Crippen molar-refractivity contribution >= 4 is 5.91 Å². The second kappa shape index (κ2) is 5.94. The van der Waals surface area contributed by atoms with E-state index in [1.807, 2.05) is 0 Å². The topological polar surface area (TPSA) is 52.9 Å². The minimum absolute atomic E-state index is 0.00924. The minimum atomic E-state index is -0.745. The molecule has 2 aliphatic carbocycles. The highest BCUT2D eigenvalue weighted by atomic mass is 16.2. The van der Waals surface area contributed by atoms with Crippen molar-refractivity contribution in [1.29, 1.82) is 5.26 Å². The highest BCUT2D eigenvalue weighted by Gasteiger charge is 2.40. The van der Waals surface area contributed by atoms with E-state index in [-0.39, 0.29) is 11.3 Å². The Labute approximate surface area is 116 Å². The molecule has 1 amide bonds. The molecule has 1 N–H and O–H groups in total. The molecule has 2 fully saturated rings. The molecule has 0 aromatic rings. The van der Waals surface area contributed by atoms with Gasteiger partial charge < -0.3 is 5.32 Å². The third kappa shape index (κ3) is 3.29. The Morgan fingerprint density at radius 1 is 1.05 bits per heavy atom. The van der Waals surface area contributed by atoms with Crippen LogP contribution in [0.1, 0.15) is 71.1 Å². The molecule has 19 heavy (non-hydrogen) atoms. The Bertz CT molecular complexity index is 355. The molecule has 0 heterocycles. The summed E-state index contributed by atoms with van der Waals surface area (Å²) in [5.74, 6) is -0.00924. The van der Waals surface area contributed by atoms with Crippen LogP contribution in [0.2, 0.25) is 0 Å². The fourth-order valence-corrected chi connectivity index (χ4v) is 3.59. The Morgan fingerprint density at radius 3 is 2.11 bits per heavy atom. The molecule has 3 heteroatoms. The van der Waals surface area contributed by atoms with Gasteiger partial charge in [-0.2, -0.15) is 5.26 Å². The zero-order valence-electron chi connectivity index (χ0n) is 12.1. The van der Waals surface area contributed by atoms with Gasteiger partial charge in [0.05, 0.1) is 6.07 Å². The van der Waals surface area contributed by atoms with Gasteiger partial charge in [-0.25, -0.2) is 0 Å². The average molecular weight is 262 g/mol. The third-order valence-corrected chi connectivity index (χ3v) is 5.09.